The summed E-state index contributed by atoms with van der Waals surface area (Å²) in [5.41, 5.74) is 2.79. The van der Waals surface area contributed by atoms with E-state index in [0.717, 1.165) is 18.7 Å². The molecule has 0 spiro atoms. The lowest BCUT2D eigenvalue weighted by molar-refractivity contribution is 0.286. The van der Waals surface area contributed by atoms with Crippen LogP contribution < -0.4 is 10.1 Å². The molecule has 1 aliphatic carbocycles. The maximum Gasteiger partial charge on any atom is 0.213 e. The number of fused-ring (bicyclic) bond motifs is 1. The number of aryl methyl sites for hydroxylation is 1. The third-order valence-corrected chi connectivity index (χ3v) is 3.65. The standard InChI is InChI=1S/C15H19N3O2/c1-2-16-14-5-3-4-11-8-12(6-7-13(11)14)19-9-15-17-10-20-18-15/h6-8,10,14,16H,2-5,9H2,1H3. The van der Waals surface area contributed by atoms with Crippen LogP contribution in [0.2, 0.25) is 0 Å². The summed E-state index contributed by atoms with van der Waals surface area (Å²) in [5.74, 6) is 1.43. The first-order valence-electron chi connectivity index (χ1n) is 7.11. The summed E-state index contributed by atoms with van der Waals surface area (Å²) in [7, 11) is 0. The minimum absolute atomic E-state index is 0.339. The van der Waals surface area contributed by atoms with Crippen LogP contribution in [-0.2, 0) is 13.0 Å². The molecule has 0 amide bonds. The second-order valence-corrected chi connectivity index (χ2v) is 5.00. The van der Waals surface area contributed by atoms with Crippen molar-refractivity contribution in [3.63, 3.8) is 0 Å². The van der Waals surface area contributed by atoms with Crippen molar-refractivity contribution >= 4 is 0 Å². The van der Waals surface area contributed by atoms with Gasteiger partial charge in [0.25, 0.3) is 0 Å². The van der Waals surface area contributed by atoms with Crippen LogP contribution >= 0.6 is 0 Å². The molecular formula is C15H19N3O2. The molecule has 1 heterocycles. The molecule has 0 fully saturated rings. The van der Waals surface area contributed by atoms with Crippen molar-refractivity contribution in [2.24, 2.45) is 0 Å². The normalized spacial score (nSPS) is 17.8. The topological polar surface area (TPSA) is 60.2 Å². The van der Waals surface area contributed by atoms with Gasteiger partial charge in [0.15, 0.2) is 6.61 Å². The number of aromatic nitrogens is 2. The second-order valence-electron chi connectivity index (χ2n) is 5.00. The van der Waals surface area contributed by atoms with Crippen LogP contribution in [0, 0.1) is 0 Å². The fourth-order valence-electron chi connectivity index (χ4n) is 2.74. The molecule has 0 radical (unpaired) electrons. The smallest absolute Gasteiger partial charge is 0.213 e. The molecule has 0 aliphatic heterocycles. The molecular weight excluding hydrogens is 254 g/mol. The van der Waals surface area contributed by atoms with Crippen molar-refractivity contribution in [1.29, 1.82) is 0 Å². The van der Waals surface area contributed by atoms with Gasteiger partial charge in [-0.05, 0) is 49.1 Å². The van der Waals surface area contributed by atoms with Crippen LogP contribution in [0.15, 0.2) is 29.1 Å². The van der Waals surface area contributed by atoms with E-state index in [1.807, 2.05) is 6.07 Å². The van der Waals surface area contributed by atoms with Gasteiger partial charge in [-0.15, -0.1) is 0 Å². The molecule has 1 aromatic heterocycles. The zero-order valence-electron chi connectivity index (χ0n) is 11.6. The van der Waals surface area contributed by atoms with Crippen molar-refractivity contribution in [3.8, 4) is 5.75 Å². The molecule has 1 unspecified atom stereocenters. The van der Waals surface area contributed by atoms with Gasteiger partial charge in [0.1, 0.15) is 5.75 Å². The SMILES string of the molecule is CCNC1CCCc2cc(OCc3ncon3)ccc21. The van der Waals surface area contributed by atoms with E-state index in [1.165, 1.54) is 30.4 Å². The lowest BCUT2D eigenvalue weighted by Gasteiger charge is -2.26. The van der Waals surface area contributed by atoms with Crippen molar-refractivity contribution in [2.75, 3.05) is 6.54 Å². The van der Waals surface area contributed by atoms with E-state index in [0.29, 0.717) is 18.5 Å². The quantitative estimate of drug-likeness (QED) is 0.907. The monoisotopic (exact) mass is 273 g/mol. The van der Waals surface area contributed by atoms with Gasteiger partial charge < -0.3 is 14.6 Å². The molecule has 1 aliphatic rings. The third-order valence-electron chi connectivity index (χ3n) is 3.65. The molecule has 3 rings (SSSR count). The van der Waals surface area contributed by atoms with Crippen LogP contribution in [-0.4, -0.2) is 16.7 Å². The van der Waals surface area contributed by atoms with Crippen LogP contribution in [0.3, 0.4) is 0 Å². The number of nitrogens with zero attached hydrogens (tertiary/aromatic N) is 2. The molecule has 0 bridgehead atoms. The molecule has 1 aromatic carbocycles. The second kappa shape index (κ2) is 6.05. The van der Waals surface area contributed by atoms with Gasteiger partial charge in [0, 0.05) is 6.04 Å². The highest BCUT2D eigenvalue weighted by Gasteiger charge is 2.19. The first-order chi connectivity index (χ1) is 9.86. The summed E-state index contributed by atoms with van der Waals surface area (Å²) in [6, 6.07) is 6.82. The van der Waals surface area contributed by atoms with Crippen LogP contribution in [0.25, 0.3) is 0 Å². The van der Waals surface area contributed by atoms with Gasteiger partial charge in [-0.1, -0.05) is 18.1 Å². The largest absolute Gasteiger partial charge is 0.485 e. The Bertz CT molecular complexity index is 554. The van der Waals surface area contributed by atoms with E-state index in [1.54, 1.807) is 0 Å². The Morgan fingerprint density at radius 1 is 1.45 bits per heavy atom. The van der Waals surface area contributed by atoms with Gasteiger partial charge in [0.05, 0.1) is 0 Å². The first-order valence-corrected chi connectivity index (χ1v) is 7.11. The fourth-order valence-corrected chi connectivity index (χ4v) is 2.74. The summed E-state index contributed by atoms with van der Waals surface area (Å²) >= 11 is 0. The number of hydrogen-bond donors (Lipinski definition) is 1. The minimum atomic E-state index is 0.339. The number of rotatable bonds is 5. The van der Waals surface area contributed by atoms with Crippen LogP contribution in [0.4, 0.5) is 0 Å². The average molecular weight is 273 g/mol. The minimum Gasteiger partial charge on any atom is -0.485 e. The molecule has 0 saturated heterocycles. The van der Waals surface area contributed by atoms with E-state index in [9.17, 15) is 0 Å². The van der Waals surface area contributed by atoms with Crippen molar-refractivity contribution in [3.05, 3.63) is 41.5 Å². The van der Waals surface area contributed by atoms with Gasteiger partial charge in [-0.2, -0.15) is 4.98 Å². The highest BCUT2D eigenvalue weighted by Crippen LogP contribution is 2.32. The Balaban J connectivity index is 1.72. The molecule has 5 nitrogen and oxygen atoms in total. The molecule has 2 aromatic rings. The Labute approximate surface area is 118 Å². The Kier molecular flexibility index (Phi) is 3.97. The Morgan fingerprint density at radius 2 is 2.40 bits per heavy atom. The van der Waals surface area contributed by atoms with E-state index < -0.39 is 0 Å². The number of ether oxygens (including phenoxy) is 1. The van der Waals surface area contributed by atoms with Crippen molar-refractivity contribution in [1.82, 2.24) is 15.5 Å². The Morgan fingerprint density at radius 3 is 3.20 bits per heavy atom. The van der Waals surface area contributed by atoms with Gasteiger partial charge in [0.2, 0.25) is 12.2 Å². The molecule has 5 heteroatoms. The predicted octanol–water partition coefficient (Wildman–Crippen LogP) is 2.64. The summed E-state index contributed by atoms with van der Waals surface area (Å²) < 4.78 is 10.4. The van der Waals surface area contributed by atoms with E-state index in [2.05, 4.69) is 39.0 Å². The summed E-state index contributed by atoms with van der Waals surface area (Å²) in [5, 5.41) is 7.28. The molecule has 1 N–H and O–H groups in total. The Hall–Kier alpha value is -1.88. The fraction of sp³-hybridized carbons (Fsp3) is 0.467. The van der Waals surface area contributed by atoms with Crippen LogP contribution in [0.1, 0.15) is 42.8 Å². The highest BCUT2D eigenvalue weighted by atomic mass is 16.5. The summed E-state index contributed by atoms with van der Waals surface area (Å²) in [6.45, 7) is 3.49. The lowest BCUT2D eigenvalue weighted by Crippen LogP contribution is -2.24. The summed E-state index contributed by atoms with van der Waals surface area (Å²) in [4.78, 5) is 3.94. The highest BCUT2D eigenvalue weighted by molar-refractivity contribution is 5.39. The van der Waals surface area contributed by atoms with E-state index >= 15 is 0 Å². The zero-order valence-corrected chi connectivity index (χ0v) is 11.6. The average Bonchev–Trinajstić information content (AvgIpc) is 2.99. The lowest BCUT2D eigenvalue weighted by atomic mass is 9.87. The maximum atomic E-state index is 5.71. The van der Waals surface area contributed by atoms with Crippen molar-refractivity contribution < 1.29 is 9.26 Å². The number of hydrogen-bond acceptors (Lipinski definition) is 5. The van der Waals surface area contributed by atoms with Gasteiger partial charge >= 0.3 is 0 Å². The third kappa shape index (κ3) is 2.82. The van der Waals surface area contributed by atoms with Gasteiger partial charge in [-0.25, -0.2) is 0 Å². The van der Waals surface area contributed by atoms with E-state index in [-0.39, 0.29) is 0 Å². The maximum absolute atomic E-state index is 5.71. The van der Waals surface area contributed by atoms with Crippen LogP contribution in [0.5, 0.6) is 5.75 Å². The zero-order chi connectivity index (χ0) is 13.8. The molecule has 0 saturated carbocycles. The predicted molar refractivity (Wildman–Crippen MR) is 74.4 cm³/mol. The molecule has 1 atom stereocenters. The van der Waals surface area contributed by atoms with Crippen molar-refractivity contribution in [2.45, 2.75) is 38.8 Å². The molecule has 106 valence electrons. The molecule has 20 heavy (non-hydrogen) atoms. The number of nitrogens with one attached hydrogen (secondary N) is 1. The summed E-state index contributed by atoms with van der Waals surface area (Å²) in [6.07, 6.45) is 4.87. The first kappa shape index (κ1) is 13.1. The number of benzene rings is 1. The van der Waals surface area contributed by atoms with Gasteiger partial charge in [-0.3, -0.25) is 0 Å². The van der Waals surface area contributed by atoms with E-state index in [4.69, 9.17) is 4.74 Å².